The first-order valence-corrected chi connectivity index (χ1v) is 5.50. The Labute approximate surface area is 95.0 Å². The fourth-order valence-electron chi connectivity index (χ4n) is 1.83. The molecular formula is C12H16N2O2. The number of nitrogens with one attached hydrogen (secondary N) is 2. The van der Waals surface area contributed by atoms with E-state index in [9.17, 15) is 4.79 Å². The second-order valence-electron chi connectivity index (χ2n) is 3.74. The minimum atomic E-state index is 0.000293. The van der Waals surface area contributed by atoms with E-state index in [0.717, 1.165) is 29.8 Å². The molecule has 86 valence electrons. The normalized spacial score (nSPS) is 14.2. The second-order valence-corrected chi connectivity index (χ2v) is 3.74. The fraction of sp³-hybridized carbons (Fsp3) is 0.417. The van der Waals surface area contributed by atoms with E-state index < -0.39 is 0 Å². The van der Waals surface area contributed by atoms with Gasteiger partial charge in [0.25, 0.3) is 5.91 Å². The van der Waals surface area contributed by atoms with Gasteiger partial charge < -0.3 is 15.4 Å². The van der Waals surface area contributed by atoms with Crippen LogP contribution in [0.15, 0.2) is 18.2 Å². The van der Waals surface area contributed by atoms with E-state index >= 15 is 0 Å². The highest BCUT2D eigenvalue weighted by Gasteiger charge is 2.19. The SMILES string of the molecule is CNCCOc1cccc2c1CCNC2=O. The number of rotatable bonds is 4. The van der Waals surface area contributed by atoms with Crippen LogP contribution in [0, 0.1) is 0 Å². The average molecular weight is 220 g/mol. The smallest absolute Gasteiger partial charge is 0.251 e. The van der Waals surface area contributed by atoms with Crippen LogP contribution in [0.3, 0.4) is 0 Å². The van der Waals surface area contributed by atoms with E-state index in [1.807, 2.05) is 25.2 Å². The maximum absolute atomic E-state index is 11.6. The summed E-state index contributed by atoms with van der Waals surface area (Å²) >= 11 is 0. The summed E-state index contributed by atoms with van der Waals surface area (Å²) in [5.41, 5.74) is 1.77. The lowest BCUT2D eigenvalue weighted by molar-refractivity contribution is 0.0945. The molecule has 1 aromatic rings. The van der Waals surface area contributed by atoms with Crippen LogP contribution in [0.2, 0.25) is 0 Å². The van der Waals surface area contributed by atoms with E-state index in [1.54, 1.807) is 0 Å². The number of hydrogen-bond acceptors (Lipinski definition) is 3. The average Bonchev–Trinajstić information content (AvgIpc) is 2.31. The molecule has 1 amide bonds. The molecule has 0 saturated heterocycles. The van der Waals surface area contributed by atoms with Crippen LogP contribution < -0.4 is 15.4 Å². The standard InChI is InChI=1S/C12H16N2O2/c1-13-7-8-16-11-4-2-3-10-9(11)5-6-14-12(10)15/h2-4,13H,5-8H2,1H3,(H,14,15). The number of carbonyl (C=O) groups excluding carboxylic acids is 1. The number of hydrogen-bond donors (Lipinski definition) is 2. The molecular weight excluding hydrogens is 204 g/mol. The van der Waals surface area contributed by atoms with Crippen LogP contribution in [0.5, 0.6) is 5.75 Å². The third-order valence-corrected chi connectivity index (χ3v) is 2.65. The molecule has 2 rings (SSSR count). The highest BCUT2D eigenvalue weighted by atomic mass is 16.5. The summed E-state index contributed by atoms with van der Waals surface area (Å²) in [6, 6.07) is 5.63. The van der Waals surface area contributed by atoms with Crippen LogP contribution in [0.1, 0.15) is 15.9 Å². The number of amides is 1. The maximum atomic E-state index is 11.6. The van der Waals surface area contributed by atoms with E-state index in [-0.39, 0.29) is 5.91 Å². The summed E-state index contributed by atoms with van der Waals surface area (Å²) in [7, 11) is 1.89. The van der Waals surface area contributed by atoms with Gasteiger partial charge in [-0.2, -0.15) is 0 Å². The van der Waals surface area contributed by atoms with Gasteiger partial charge >= 0.3 is 0 Å². The first-order valence-electron chi connectivity index (χ1n) is 5.50. The lowest BCUT2D eigenvalue weighted by atomic mass is 9.99. The lowest BCUT2D eigenvalue weighted by Gasteiger charge is -2.19. The summed E-state index contributed by atoms with van der Waals surface area (Å²) in [5, 5.41) is 5.85. The third kappa shape index (κ3) is 2.17. The Morgan fingerprint density at radius 3 is 3.19 bits per heavy atom. The lowest BCUT2D eigenvalue weighted by Crippen LogP contribution is -2.32. The van der Waals surface area contributed by atoms with Gasteiger partial charge in [-0.15, -0.1) is 0 Å². The van der Waals surface area contributed by atoms with Gasteiger partial charge in [-0.05, 0) is 25.6 Å². The summed E-state index contributed by atoms with van der Waals surface area (Å²) < 4.78 is 5.65. The largest absolute Gasteiger partial charge is 0.492 e. The molecule has 0 spiro atoms. The quantitative estimate of drug-likeness (QED) is 0.729. The Bertz CT molecular complexity index is 391. The molecule has 0 saturated carbocycles. The number of ether oxygens (including phenoxy) is 1. The molecule has 1 aromatic carbocycles. The van der Waals surface area contributed by atoms with Gasteiger partial charge in [0.15, 0.2) is 0 Å². The molecule has 0 radical (unpaired) electrons. The van der Waals surface area contributed by atoms with Crippen molar-refractivity contribution in [2.75, 3.05) is 26.7 Å². The van der Waals surface area contributed by atoms with Gasteiger partial charge in [-0.3, -0.25) is 4.79 Å². The van der Waals surface area contributed by atoms with Crippen LogP contribution in [0.4, 0.5) is 0 Å². The van der Waals surface area contributed by atoms with Crippen molar-refractivity contribution in [1.82, 2.24) is 10.6 Å². The molecule has 0 bridgehead atoms. The van der Waals surface area contributed by atoms with Crippen molar-refractivity contribution in [2.24, 2.45) is 0 Å². The van der Waals surface area contributed by atoms with E-state index in [0.29, 0.717) is 13.2 Å². The van der Waals surface area contributed by atoms with Crippen LogP contribution in [-0.4, -0.2) is 32.7 Å². The van der Waals surface area contributed by atoms with Crippen LogP contribution in [0.25, 0.3) is 0 Å². The minimum absolute atomic E-state index is 0.000293. The topological polar surface area (TPSA) is 50.4 Å². The number of benzene rings is 1. The Morgan fingerprint density at radius 1 is 1.50 bits per heavy atom. The van der Waals surface area contributed by atoms with Crippen molar-refractivity contribution in [3.8, 4) is 5.75 Å². The summed E-state index contributed by atoms with van der Waals surface area (Å²) in [4.78, 5) is 11.6. The second kappa shape index (κ2) is 4.99. The highest BCUT2D eigenvalue weighted by molar-refractivity contribution is 5.97. The summed E-state index contributed by atoms with van der Waals surface area (Å²) in [6.07, 6.45) is 0.844. The van der Waals surface area contributed by atoms with Gasteiger partial charge in [0.2, 0.25) is 0 Å². The predicted octanol–water partition coefficient (Wildman–Crippen LogP) is 0.571. The minimum Gasteiger partial charge on any atom is -0.492 e. The van der Waals surface area contributed by atoms with Crippen molar-refractivity contribution in [3.63, 3.8) is 0 Å². The first kappa shape index (κ1) is 11.0. The predicted molar refractivity (Wildman–Crippen MR) is 61.9 cm³/mol. The van der Waals surface area contributed by atoms with E-state index in [1.165, 1.54) is 0 Å². The zero-order valence-electron chi connectivity index (χ0n) is 9.38. The van der Waals surface area contributed by atoms with E-state index in [4.69, 9.17) is 4.74 Å². The Hall–Kier alpha value is -1.55. The van der Waals surface area contributed by atoms with Gasteiger partial charge in [0.1, 0.15) is 12.4 Å². The molecule has 0 aromatic heterocycles. The molecule has 4 nitrogen and oxygen atoms in total. The molecule has 1 aliphatic heterocycles. The highest BCUT2D eigenvalue weighted by Crippen LogP contribution is 2.24. The molecule has 0 unspecified atom stereocenters. The molecule has 16 heavy (non-hydrogen) atoms. The van der Waals surface area contributed by atoms with Crippen molar-refractivity contribution in [2.45, 2.75) is 6.42 Å². The van der Waals surface area contributed by atoms with Crippen molar-refractivity contribution in [3.05, 3.63) is 29.3 Å². The zero-order chi connectivity index (χ0) is 11.4. The molecule has 2 N–H and O–H groups in total. The van der Waals surface area contributed by atoms with Gasteiger partial charge in [-0.1, -0.05) is 6.07 Å². The van der Waals surface area contributed by atoms with E-state index in [2.05, 4.69) is 10.6 Å². The molecule has 4 heteroatoms. The first-order chi connectivity index (χ1) is 7.83. The van der Waals surface area contributed by atoms with Crippen molar-refractivity contribution in [1.29, 1.82) is 0 Å². The van der Waals surface area contributed by atoms with Crippen molar-refractivity contribution >= 4 is 5.91 Å². The third-order valence-electron chi connectivity index (χ3n) is 2.65. The Balaban J connectivity index is 2.19. The van der Waals surface area contributed by atoms with Gasteiger partial charge in [0.05, 0.1) is 0 Å². The summed E-state index contributed by atoms with van der Waals surface area (Å²) in [6.45, 7) is 2.11. The van der Waals surface area contributed by atoms with Gasteiger partial charge in [0, 0.05) is 24.2 Å². The molecule has 1 heterocycles. The maximum Gasteiger partial charge on any atom is 0.251 e. The fourth-order valence-corrected chi connectivity index (χ4v) is 1.83. The number of likely N-dealkylation sites (N-methyl/N-ethyl adjacent to an activating group) is 1. The molecule has 0 fully saturated rings. The van der Waals surface area contributed by atoms with Crippen molar-refractivity contribution < 1.29 is 9.53 Å². The molecule has 0 atom stereocenters. The monoisotopic (exact) mass is 220 g/mol. The molecule has 0 aliphatic carbocycles. The van der Waals surface area contributed by atoms with Gasteiger partial charge in [-0.25, -0.2) is 0 Å². The number of carbonyl (C=O) groups is 1. The Morgan fingerprint density at radius 2 is 2.38 bits per heavy atom. The van der Waals surface area contributed by atoms with Crippen LogP contribution in [-0.2, 0) is 6.42 Å². The Kier molecular flexibility index (Phi) is 3.41. The summed E-state index contributed by atoms with van der Waals surface area (Å²) in [5.74, 6) is 0.836. The molecule has 1 aliphatic rings. The number of fused-ring (bicyclic) bond motifs is 1. The zero-order valence-corrected chi connectivity index (χ0v) is 9.38. The van der Waals surface area contributed by atoms with Crippen LogP contribution >= 0.6 is 0 Å².